The number of ether oxygens (including phenoxy) is 2. The van der Waals surface area contributed by atoms with Crippen LogP contribution < -0.4 is 10.6 Å². The molecule has 0 radical (unpaired) electrons. The Morgan fingerprint density at radius 3 is 2.61 bits per heavy atom. The third kappa shape index (κ3) is 5.90. The highest BCUT2D eigenvalue weighted by Gasteiger charge is 2.11. The number of Topliss-reactive ketones (excluding diaryl/α,β-unsaturated/α-hetero) is 1. The van der Waals surface area contributed by atoms with Crippen molar-refractivity contribution in [2.75, 3.05) is 26.1 Å². The van der Waals surface area contributed by atoms with Gasteiger partial charge in [-0.15, -0.1) is 0 Å². The zero-order chi connectivity index (χ0) is 17.2. The molecule has 0 bridgehead atoms. The van der Waals surface area contributed by atoms with Crippen LogP contribution >= 0.6 is 0 Å². The molecular formula is C16H19N3O4. The van der Waals surface area contributed by atoms with E-state index < -0.39 is 12.2 Å². The van der Waals surface area contributed by atoms with Crippen molar-refractivity contribution < 1.29 is 19.1 Å². The van der Waals surface area contributed by atoms with E-state index in [1.54, 1.807) is 24.3 Å². The van der Waals surface area contributed by atoms with Gasteiger partial charge in [-0.2, -0.15) is 5.26 Å². The van der Waals surface area contributed by atoms with E-state index in [-0.39, 0.29) is 17.9 Å². The number of anilines is 1. The Labute approximate surface area is 134 Å². The van der Waals surface area contributed by atoms with Gasteiger partial charge in [-0.1, -0.05) is 12.1 Å². The zero-order valence-electron chi connectivity index (χ0n) is 13.3. The highest BCUT2D eigenvalue weighted by molar-refractivity contribution is 6.07. The molecule has 1 rings (SSSR count). The average molecular weight is 317 g/mol. The number of nitrogens with one attached hydrogen (secondary N) is 2. The fourth-order valence-corrected chi connectivity index (χ4v) is 1.68. The highest BCUT2D eigenvalue weighted by Crippen LogP contribution is 2.12. The molecule has 7 nitrogen and oxygen atoms in total. The van der Waals surface area contributed by atoms with E-state index in [0.717, 1.165) is 0 Å². The predicted octanol–water partition coefficient (Wildman–Crippen LogP) is 1.44. The van der Waals surface area contributed by atoms with Crippen molar-refractivity contribution in [2.24, 2.45) is 0 Å². The molecule has 1 aromatic carbocycles. The number of benzene rings is 1. The minimum atomic E-state index is -0.577. The van der Waals surface area contributed by atoms with E-state index in [1.165, 1.54) is 27.3 Å². The Bertz CT molecular complexity index is 630. The summed E-state index contributed by atoms with van der Waals surface area (Å²) in [5, 5.41) is 14.4. The monoisotopic (exact) mass is 317 g/mol. The molecule has 0 saturated heterocycles. The lowest BCUT2D eigenvalue weighted by Crippen LogP contribution is -2.27. The summed E-state index contributed by atoms with van der Waals surface area (Å²) in [5.74, 6) is -0.684. The van der Waals surface area contributed by atoms with Gasteiger partial charge in [0, 0.05) is 31.7 Å². The first-order valence-corrected chi connectivity index (χ1v) is 6.83. The van der Waals surface area contributed by atoms with Crippen molar-refractivity contribution in [2.45, 2.75) is 13.2 Å². The van der Waals surface area contributed by atoms with Crippen molar-refractivity contribution in [1.82, 2.24) is 5.32 Å². The zero-order valence-corrected chi connectivity index (χ0v) is 13.3. The SMILES string of the molecule is COC(CN/C=C(/C#N)C(=O)Nc1cccc(C(C)=O)c1)OC. The second-order valence-electron chi connectivity index (χ2n) is 4.57. The summed E-state index contributed by atoms with van der Waals surface area (Å²) in [4.78, 5) is 23.4. The van der Waals surface area contributed by atoms with Crippen LogP contribution in [0.5, 0.6) is 0 Å². The summed E-state index contributed by atoms with van der Waals surface area (Å²) in [6, 6.07) is 8.30. The molecule has 0 unspecified atom stereocenters. The molecule has 0 aliphatic heterocycles. The van der Waals surface area contributed by atoms with Gasteiger partial charge in [-0.3, -0.25) is 9.59 Å². The number of rotatable bonds is 8. The molecule has 7 heteroatoms. The fraction of sp³-hybridized carbons (Fsp3) is 0.312. The minimum absolute atomic E-state index is 0.107. The fourth-order valence-electron chi connectivity index (χ4n) is 1.68. The topological polar surface area (TPSA) is 100 Å². The van der Waals surface area contributed by atoms with Crippen LogP contribution in [-0.2, 0) is 14.3 Å². The molecule has 122 valence electrons. The van der Waals surface area contributed by atoms with Crippen molar-refractivity contribution in [3.63, 3.8) is 0 Å². The molecule has 0 aromatic heterocycles. The maximum atomic E-state index is 12.1. The minimum Gasteiger partial charge on any atom is -0.385 e. The maximum absolute atomic E-state index is 12.1. The number of hydrogen-bond donors (Lipinski definition) is 2. The number of nitriles is 1. The third-order valence-corrected chi connectivity index (χ3v) is 2.95. The Balaban J connectivity index is 2.72. The van der Waals surface area contributed by atoms with Gasteiger partial charge in [0.2, 0.25) is 0 Å². The quantitative estimate of drug-likeness (QED) is 0.326. The van der Waals surface area contributed by atoms with E-state index in [4.69, 9.17) is 14.7 Å². The van der Waals surface area contributed by atoms with Gasteiger partial charge >= 0.3 is 0 Å². The second kappa shape index (κ2) is 9.35. The van der Waals surface area contributed by atoms with Crippen LogP contribution in [0.3, 0.4) is 0 Å². The summed E-state index contributed by atoms with van der Waals surface area (Å²) < 4.78 is 9.95. The number of carbonyl (C=O) groups excluding carboxylic acids is 2. The number of nitrogens with zero attached hydrogens (tertiary/aromatic N) is 1. The van der Waals surface area contributed by atoms with Gasteiger partial charge in [-0.25, -0.2) is 0 Å². The van der Waals surface area contributed by atoms with Gasteiger partial charge in [0.25, 0.3) is 5.91 Å². The summed E-state index contributed by atoms with van der Waals surface area (Å²) in [6.45, 7) is 1.72. The van der Waals surface area contributed by atoms with Crippen LogP contribution in [0.4, 0.5) is 5.69 Å². The highest BCUT2D eigenvalue weighted by atomic mass is 16.7. The Hall–Kier alpha value is -2.69. The van der Waals surface area contributed by atoms with Crippen LogP contribution in [0.1, 0.15) is 17.3 Å². The average Bonchev–Trinajstić information content (AvgIpc) is 2.55. The second-order valence-corrected chi connectivity index (χ2v) is 4.57. The normalized spacial score (nSPS) is 11.0. The molecular weight excluding hydrogens is 298 g/mol. The van der Waals surface area contributed by atoms with E-state index in [2.05, 4.69) is 10.6 Å². The third-order valence-electron chi connectivity index (χ3n) is 2.95. The predicted molar refractivity (Wildman–Crippen MR) is 84.6 cm³/mol. The maximum Gasteiger partial charge on any atom is 0.267 e. The first-order chi connectivity index (χ1) is 11.0. The van der Waals surface area contributed by atoms with E-state index in [1.807, 2.05) is 6.07 Å². The van der Waals surface area contributed by atoms with Crippen LogP contribution in [0, 0.1) is 11.3 Å². The van der Waals surface area contributed by atoms with Crippen LogP contribution in [-0.4, -0.2) is 38.7 Å². The van der Waals surface area contributed by atoms with Gasteiger partial charge in [-0.05, 0) is 19.1 Å². The first-order valence-electron chi connectivity index (χ1n) is 6.83. The molecule has 23 heavy (non-hydrogen) atoms. The molecule has 0 aliphatic rings. The van der Waals surface area contributed by atoms with E-state index in [0.29, 0.717) is 11.3 Å². The first kappa shape index (κ1) is 18.4. The molecule has 0 fully saturated rings. The molecule has 0 aliphatic carbocycles. The van der Waals surface area contributed by atoms with Crippen molar-refractivity contribution >= 4 is 17.4 Å². The number of methoxy groups -OCH3 is 2. The Morgan fingerprint density at radius 2 is 2.04 bits per heavy atom. The molecule has 2 N–H and O–H groups in total. The van der Waals surface area contributed by atoms with Crippen molar-refractivity contribution in [1.29, 1.82) is 5.26 Å². The molecule has 1 aromatic rings. The smallest absolute Gasteiger partial charge is 0.267 e. The molecule has 0 atom stereocenters. The lowest BCUT2D eigenvalue weighted by molar-refractivity contribution is -0.112. The molecule has 0 spiro atoms. The number of hydrogen-bond acceptors (Lipinski definition) is 6. The van der Waals surface area contributed by atoms with E-state index >= 15 is 0 Å². The summed E-state index contributed by atoms with van der Waals surface area (Å²) in [5.41, 5.74) is 0.811. The van der Waals surface area contributed by atoms with E-state index in [9.17, 15) is 9.59 Å². The number of carbonyl (C=O) groups is 2. The van der Waals surface area contributed by atoms with Crippen LogP contribution in [0.15, 0.2) is 36.0 Å². The number of amides is 1. The van der Waals surface area contributed by atoms with Gasteiger partial charge in [0.1, 0.15) is 11.6 Å². The largest absolute Gasteiger partial charge is 0.385 e. The summed E-state index contributed by atoms with van der Waals surface area (Å²) >= 11 is 0. The standard InChI is InChI=1S/C16H19N3O4/c1-11(20)12-5-4-6-14(7-12)19-16(21)13(8-17)9-18-10-15(22-2)23-3/h4-7,9,15,18H,10H2,1-3H3,(H,19,21)/b13-9-. The Morgan fingerprint density at radius 1 is 1.35 bits per heavy atom. The van der Waals surface area contributed by atoms with Gasteiger partial charge < -0.3 is 20.1 Å². The van der Waals surface area contributed by atoms with Crippen molar-refractivity contribution in [3.8, 4) is 6.07 Å². The molecule has 1 amide bonds. The lowest BCUT2D eigenvalue weighted by Gasteiger charge is -2.13. The summed E-state index contributed by atoms with van der Waals surface area (Å²) in [6.07, 6.45) is 0.802. The molecule has 0 saturated carbocycles. The summed E-state index contributed by atoms with van der Waals surface area (Å²) in [7, 11) is 2.97. The Kier molecular flexibility index (Phi) is 7.47. The molecule has 0 heterocycles. The number of ketones is 1. The van der Waals surface area contributed by atoms with Gasteiger partial charge in [0.15, 0.2) is 12.1 Å². The lowest BCUT2D eigenvalue weighted by atomic mass is 10.1. The van der Waals surface area contributed by atoms with Gasteiger partial charge in [0.05, 0.1) is 6.54 Å². The van der Waals surface area contributed by atoms with Crippen LogP contribution in [0.2, 0.25) is 0 Å². The van der Waals surface area contributed by atoms with Crippen molar-refractivity contribution in [3.05, 3.63) is 41.6 Å². The van der Waals surface area contributed by atoms with Crippen LogP contribution in [0.25, 0.3) is 0 Å².